The summed E-state index contributed by atoms with van der Waals surface area (Å²) in [6.07, 6.45) is 0. The van der Waals surface area contributed by atoms with Gasteiger partial charge in [0.2, 0.25) is 11.8 Å². The molecule has 4 N–H and O–H groups in total. The highest BCUT2D eigenvalue weighted by Crippen LogP contribution is 2.28. The Labute approximate surface area is 147 Å². The molecule has 0 fully saturated rings. The Morgan fingerprint density at radius 1 is 1.08 bits per heavy atom. The molecule has 2 aromatic rings. The van der Waals surface area contributed by atoms with Crippen molar-refractivity contribution in [1.29, 1.82) is 0 Å². The van der Waals surface area contributed by atoms with Crippen molar-refractivity contribution in [2.45, 2.75) is 19.9 Å². The van der Waals surface area contributed by atoms with Crippen LogP contribution in [0.5, 0.6) is 5.75 Å². The summed E-state index contributed by atoms with van der Waals surface area (Å²) in [5.41, 5.74) is 8.15. The molecule has 0 saturated heterocycles. The lowest BCUT2D eigenvalue weighted by atomic mass is 9.94. The number of benzene rings is 2. The number of carbonyl (C=O) groups is 2. The van der Waals surface area contributed by atoms with E-state index in [4.69, 9.17) is 10.5 Å². The number of nitrogens with two attached hydrogens (primary N) is 1. The van der Waals surface area contributed by atoms with Crippen molar-refractivity contribution in [3.8, 4) is 5.75 Å². The molecule has 2 atom stereocenters. The van der Waals surface area contributed by atoms with Gasteiger partial charge in [0.15, 0.2) is 0 Å². The molecule has 6 heteroatoms. The summed E-state index contributed by atoms with van der Waals surface area (Å²) in [7, 11) is 1.51. The van der Waals surface area contributed by atoms with E-state index in [0.29, 0.717) is 17.1 Å². The molecule has 6 nitrogen and oxygen atoms in total. The van der Waals surface area contributed by atoms with E-state index in [0.717, 1.165) is 5.56 Å². The SMILES string of the molecule is COc1ccc(NC(=O)C(C)C(N)c2ccccc2)cc1NC(C)=O. The van der Waals surface area contributed by atoms with Crippen LogP contribution in [0.15, 0.2) is 48.5 Å². The predicted octanol–water partition coefficient (Wildman–Crippen LogP) is 2.93. The number of anilines is 2. The normalized spacial score (nSPS) is 12.8. The van der Waals surface area contributed by atoms with E-state index >= 15 is 0 Å². The molecule has 0 bridgehead atoms. The monoisotopic (exact) mass is 341 g/mol. The Balaban J connectivity index is 2.12. The van der Waals surface area contributed by atoms with E-state index in [9.17, 15) is 9.59 Å². The van der Waals surface area contributed by atoms with Crippen molar-refractivity contribution in [3.63, 3.8) is 0 Å². The third-order valence-corrected chi connectivity index (χ3v) is 3.91. The molecule has 2 amide bonds. The first kappa shape index (κ1) is 18.5. The second-order valence-electron chi connectivity index (χ2n) is 5.81. The van der Waals surface area contributed by atoms with Crippen molar-refractivity contribution in [2.24, 2.45) is 11.7 Å². The first-order valence-electron chi connectivity index (χ1n) is 7.99. The lowest BCUT2D eigenvalue weighted by molar-refractivity contribution is -0.120. The lowest BCUT2D eigenvalue weighted by Crippen LogP contribution is -2.30. The van der Waals surface area contributed by atoms with Crippen LogP contribution in [-0.2, 0) is 9.59 Å². The van der Waals surface area contributed by atoms with Crippen LogP contribution in [-0.4, -0.2) is 18.9 Å². The molecule has 25 heavy (non-hydrogen) atoms. The smallest absolute Gasteiger partial charge is 0.229 e. The topological polar surface area (TPSA) is 93.4 Å². The van der Waals surface area contributed by atoms with Gasteiger partial charge in [-0.2, -0.15) is 0 Å². The first-order chi connectivity index (χ1) is 11.9. The van der Waals surface area contributed by atoms with Gasteiger partial charge in [-0.05, 0) is 23.8 Å². The quantitative estimate of drug-likeness (QED) is 0.753. The van der Waals surface area contributed by atoms with E-state index in [1.807, 2.05) is 30.3 Å². The molecule has 2 aromatic carbocycles. The maximum absolute atomic E-state index is 12.5. The number of amides is 2. The van der Waals surface area contributed by atoms with Gasteiger partial charge < -0.3 is 21.1 Å². The van der Waals surface area contributed by atoms with Crippen molar-refractivity contribution < 1.29 is 14.3 Å². The van der Waals surface area contributed by atoms with Crippen LogP contribution in [0.25, 0.3) is 0 Å². The summed E-state index contributed by atoms with van der Waals surface area (Å²) in [6.45, 7) is 3.19. The van der Waals surface area contributed by atoms with Gasteiger partial charge in [-0.15, -0.1) is 0 Å². The van der Waals surface area contributed by atoms with Gasteiger partial charge in [0.05, 0.1) is 18.7 Å². The minimum Gasteiger partial charge on any atom is -0.495 e. The second-order valence-corrected chi connectivity index (χ2v) is 5.81. The van der Waals surface area contributed by atoms with Crippen molar-refractivity contribution >= 4 is 23.2 Å². The van der Waals surface area contributed by atoms with Gasteiger partial charge in [0.25, 0.3) is 0 Å². The Hall–Kier alpha value is -2.86. The lowest BCUT2D eigenvalue weighted by Gasteiger charge is -2.20. The number of methoxy groups -OCH3 is 1. The molecule has 0 spiro atoms. The minimum absolute atomic E-state index is 0.199. The van der Waals surface area contributed by atoms with Crippen molar-refractivity contribution in [2.75, 3.05) is 17.7 Å². The summed E-state index contributed by atoms with van der Waals surface area (Å²) >= 11 is 0. The molecule has 0 saturated carbocycles. The second kappa shape index (κ2) is 8.30. The third-order valence-electron chi connectivity index (χ3n) is 3.91. The van der Waals surface area contributed by atoms with E-state index in [2.05, 4.69) is 10.6 Å². The molecular weight excluding hydrogens is 318 g/mol. The van der Waals surface area contributed by atoms with Gasteiger partial charge >= 0.3 is 0 Å². The van der Waals surface area contributed by atoms with Gasteiger partial charge in [-0.3, -0.25) is 9.59 Å². The molecule has 0 heterocycles. The number of nitrogens with one attached hydrogen (secondary N) is 2. The van der Waals surface area contributed by atoms with E-state index in [1.54, 1.807) is 25.1 Å². The highest BCUT2D eigenvalue weighted by Gasteiger charge is 2.22. The van der Waals surface area contributed by atoms with Crippen LogP contribution in [0.4, 0.5) is 11.4 Å². The largest absolute Gasteiger partial charge is 0.495 e. The standard InChI is InChI=1S/C19H23N3O3/c1-12(18(20)14-7-5-4-6-8-14)19(24)22-15-9-10-17(25-3)16(11-15)21-13(2)23/h4-12,18H,20H2,1-3H3,(H,21,23)(H,22,24). The summed E-state index contributed by atoms with van der Waals surface area (Å²) < 4.78 is 5.20. The van der Waals surface area contributed by atoms with Gasteiger partial charge in [-0.25, -0.2) is 0 Å². The fourth-order valence-corrected chi connectivity index (χ4v) is 2.46. The molecule has 2 unspecified atom stereocenters. The Morgan fingerprint density at radius 3 is 2.36 bits per heavy atom. The van der Waals surface area contributed by atoms with Crippen molar-refractivity contribution in [3.05, 3.63) is 54.1 Å². The van der Waals surface area contributed by atoms with Crippen molar-refractivity contribution in [1.82, 2.24) is 0 Å². The Bertz CT molecular complexity index is 747. The maximum Gasteiger partial charge on any atom is 0.229 e. The van der Waals surface area contributed by atoms with Crippen LogP contribution in [0.1, 0.15) is 25.5 Å². The fourth-order valence-electron chi connectivity index (χ4n) is 2.46. The van der Waals surface area contributed by atoms with E-state index in [1.165, 1.54) is 14.0 Å². The molecule has 0 aliphatic rings. The number of carbonyl (C=O) groups excluding carboxylic acids is 2. The Morgan fingerprint density at radius 2 is 1.76 bits per heavy atom. The first-order valence-corrected chi connectivity index (χ1v) is 7.99. The molecule has 2 rings (SSSR count). The molecule has 0 radical (unpaired) electrons. The highest BCUT2D eigenvalue weighted by molar-refractivity contribution is 5.95. The fraction of sp³-hybridized carbons (Fsp3) is 0.263. The molecule has 0 aliphatic carbocycles. The van der Waals surface area contributed by atoms with Crippen LogP contribution in [0.2, 0.25) is 0 Å². The van der Waals surface area contributed by atoms with Crippen LogP contribution >= 0.6 is 0 Å². The third kappa shape index (κ3) is 4.81. The molecule has 0 aromatic heterocycles. The van der Waals surface area contributed by atoms with Gasteiger partial charge in [0.1, 0.15) is 5.75 Å². The molecule has 132 valence electrons. The number of hydrogen-bond acceptors (Lipinski definition) is 4. The average Bonchev–Trinajstić information content (AvgIpc) is 2.61. The molecular formula is C19H23N3O3. The van der Waals surface area contributed by atoms with Crippen LogP contribution in [0.3, 0.4) is 0 Å². The van der Waals surface area contributed by atoms with Crippen LogP contribution < -0.4 is 21.1 Å². The average molecular weight is 341 g/mol. The maximum atomic E-state index is 12.5. The summed E-state index contributed by atoms with van der Waals surface area (Å²) in [4.78, 5) is 23.8. The minimum atomic E-state index is -0.422. The Kier molecular flexibility index (Phi) is 6.14. The zero-order chi connectivity index (χ0) is 18.4. The summed E-state index contributed by atoms with van der Waals surface area (Å²) in [5.74, 6) is -0.326. The molecule has 0 aliphatic heterocycles. The van der Waals surface area contributed by atoms with E-state index < -0.39 is 12.0 Å². The number of rotatable bonds is 6. The zero-order valence-electron chi connectivity index (χ0n) is 14.6. The number of hydrogen-bond donors (Lipinski definition) is 3. The predicted molar refractivity (Wildman–Crippen MR) is 98.5 cm³/mol. The van der Waals surface area contributed by atoms with E-state index in [-0.39, 0.29) is 11.8 Å². The van der Waals surface area contributed by atoms with Gasteiger partial charge in [0, 0.05) is 18.7 Å². The van der Waals surface area contributed by atoms with Crippen LogP contribution in [0, 0.1) is 5.92 Å². The summed E-state index contributed by atoms with van der Waals surface area (Å²) in [6, 6.07) is 14.1. The van der Waals surface area contributed by atoms with Gasteiger partial charge in [-0.1, -0.05) is 37.3 Å². The highest BCUT2D eigenvalue weighted by atomic mass is 16.5. The summed E-state index contributed by atoms with van der Waals surface area (Å²) in [5, 5.41) is 5.51. The number of ether oxygens (including phenoxy) is 1. The zero-order valence-corrected chi connectivity index (χ0v) is 14.6.